The zero-order valence-electron chi connectivity index (χ0n) is 13.4. The van der Waals surface area contributed by atoms with Crippen LogP contribution >= 0.6 is 0 Å². The van der Waals surface area contributed by atoms with Crippen LogP contribution < -0.4 is 5.32 Å². The third kappa shape index (κ3) is 3.73. The Bertz CT molecular complexity index is 518. The molecule has 0 amide bonds. The van der Waals surface area contributed by atoms with Crippen LogP contribution in [0.2, 0.25) is 0 Å². The Morgan fingerprint density at radius 2 is 1.90 bits per heavy atom. The Hall–Kier alpha value is -1.61. The van der Waals surface area contributed by atoms with E-state index in [4.69, 9.17) is 0 Å². The van der Waals surface area contributed by atoms with E-state index < -0.39 is 0 Å². The number of hydrogen-bond acceptors (Lipinski definition) is 2. The largest absolute Gasteiger partial charge is 0.334 e. The second-order valence-corrected chi connectivity index (χ2v) is 5.43. The van der Waals surface area contributed by atoms with E-state index in [1.165, 1.54) is 5.56 Å². The maximum atomic E-state index is 4.64. The van der Waals surface area contributed by atoms with E-state index in [1.54, 1.807) is 0 Å². The van der Waals surface area contributed by atoms with Gasteiger partial charge in [-0.15, -0.1) is 0 Å². The number of nitrogens with zero attached hydrogens (tertiary/aromatic N) is 2. The molecule has 0 aliphatic carbocycles. The molecule has 0 saturated carbocycles. The summed E-state index contributed by atoms with van der Waals surface area (Å²) in [5, 5.41) is 3.71. The van der Waals surface area contributed by atoms with E-state index in [-0.39, 0.29) is 6.04 Å². The molecule has 2 aromatic rings. The lowest BCUT2D eigenvalue weighted by molar-refractivity contribution is 0.404. The second kappa shape index (κ2) is 7.99. The number of aromatic nitrogens is 2. The Labute approximate surface area is 128 Å². The van der Waals surface area contributed by atoms with Crippen LogP contribution in [-0.4, -0.2) is 16.1 Å². The summed E-state index contributed by atoms with van der Waals surface area (Å²) in [7, 11) is 0. The van der Waals surface area contributed by atoms with Gasteiger partial charge in [0.2, 0.25) is 0 Å². The fourth-order valence-electron chi connectivity index (χ4n) is 2.94. The zero-order valence-corrected chi connectivity index (χ0v) is 13.4. The molecule has 3 nitrogen and oxygen atoms in total. The monoisotopic (exact) mass is 285 g/mol. The summed E-state index contributed by atoms with van der Waals surface area (Å²) in [6.45, 7) is 8.62. The first-order valence-corrected chi connectivity index (χ1v) is 8.11. The third-order valence-electron chi connectivity index (χ3n) is 4.05. The summed E-state index contributed by atoms with van der Waals surface area (Å²) in [5.74, 6) is 1.60. The van der Waals surface area contributed by atoms with Gasteiger partial charge in [-0.05, 0) is 31.9 Å². The van der Waals surface area contributed by atoms with Gasteiger partial charge < -0.3 is 9.88 Å². The van der Waals surface area contributed by atoms with Crippen molar-refractivity contribution in [3.63, 3.8) is 0 Å². The van der Waals surface area contributed by atoms with Crippen molar-refractivity contribution in [1.29, 1.82) is 0 Å². The minimum atomic E-state index is 0.271. The Balaban J connectivity index is 2.34. The van der Waals surface area contributed by atoms with Crippen LogP contribution in [0.1, 0.15) is 57.0 Å². The molecule has 0 aliphatic heterocycles. The number of hydrogen-bond donors (Lipinski definition) is 1. The minimum absolute atomic E-state index is 0.271. The zero-order chi connectivity index (χ0) is 15.1. The van der Waals surface area contributed by atoms with Crippen molar-refractivity contribution in [3.05, 3.63) is 54.1 Å². The lowest BCUT2D eigenvalue weighted by Gasteiger charge is -2.28. The van der Waals surface area contributed by atoms with Gasteiger partial charge in [0.1, 0.15) is 5.82 Å². The summed E-state index contributed by atoms with van der Waals surface area (Å²) in [4.78, 5) is 4.64. The van der Waals surface area contributed by atoms with Crippen molar-refractivity contribution in [1.82, 2.24) is 14.9 Å². The smallest absolute Gasteiger partial charge is 0.126 e. The molecule has 0 spiro atoms. The van der Waals surface area contributed by atoms with Crippen molar-refractivity contribution < 1.29 is 0 Å². The van der Waals surface area contributed by atoms with Gasteiger partial charge in [0.05, 0.1) is 6.04 Å². The molecule has 3 heteroatoms. The van der Waals surface area contributed by atoms with Crippen LogP contribution in [0.5, 0.6) is 0 Å². The molecule has 2 atom stereocenters. The summed E-state index contributed by atoms with van der Waals surface area (Å²) < 4.78 is 2.25. The molecule has 21 heavy (non-hydrogen) atoms. The molecule has 1 N–H and O–H groups in total. The van der Waals surface area contributed by atoms with Gasteiger partial charge in [-0.2, -0.15) is 0 Å². The molecule has 2 rings (SSSR count). The van der Waals surface area contributed by atoms with Gasteiger partial charge in [0, 0.05) is 24.9 Å². The average molecular weight is 285 g/mol. The first-order chi connectivity index (χ1) is 10.3. The Kier molecular flexibility index (Phi) is 6.00. The SMILES string of the molecule is CCCNC(c1nccn1CC)C(CC)c1ccccc1. The van der Waals surface area contributed by atoms with Crippen molar-refractivity contribution in [3.8, 4) is 0 Å². The van der Waals surface area contributed by atoms with Crippen LogP contribution in [0.4, 0.5) is 0 Å². The van der Waals surface area contributed by atoms with Crippen LogP contribution in [0.3, 0.4) is 0 Å². The Morgan fingerprint density at radius 3 is 2.52 bits per heavy atom. The molecular weight excluding hydrogens is 258 g/mol. The second-order valence-electron chi connectivity index (χ2n) is 5.43. The fraction of sp³-hybridized carbons (Fsp3) is 0.500. The molecule has 0 fully saturated rings. The van der Waals surface area contributed by atoms with Gasteiger partial charge in [-0.1, -0.05) is 44.2 Å². The van der Waals surface area contributed by atoms with Gasteiger partial charge >= 0.3 is 0 Å². The van der Waals surface area contributed by atoms with E-state index in [0.29, 0.717) is 5.92 Å². The minimum Gasteiger partial charge on any atom is -0.334 e. The van der Waals surface area contributed by atoms with E-state index in [2.05, 4.69) is 72.2 Å². The van der Waals surface area contributed by atoms with Crippen LogP contribution in [0, 0.1) is 0 Å². The first kappa shape index (κ1) is 15.8. The molecule has 2 unspecified atom stereocenters. The Morgan fingerprint density at radius 1 is 1.14 bits per heavy atom. The highest BCUT2D eigenvalue weighted by Crippen LogP contribution is 2.33. The number of nitrogens with one attached hydrogen (secondary N) is 1. The van der Waals surface area contributed by atoms with Crippen LogP contribution in [0.15, 0.2) is 42.7 Å². The predicted octanol–water partition coefficient (Wildman–Crippen LogP) is 4.14. The number of benzene rings is 1. The average Bonchev–Trinajstić information content (AvgIpc) is 3.00. The molecule has 0 radical (unpaired) electrons. The van der Waals surface area contributed by atoms with E-state index in [0.717, 1.165) is 31.8 Å². The van der Waals surface area contributed by atoms with Crippen molar-refractivity contribution in [2.75, 3.05) is 6.54 Å². The molecule has 0 saturated heterocycles. The summed E-state index contributed by atoms with van der Waals surface area (Å²) >= 11 is 0. The third-order valence-corrected chi connectivity index (χ3v) is 4.05. The van der Waals surface area contributed by atoms with Gasteiger partial charge in [0.25, 0.3) is 0 Å². The van der Waals surface area contributed by atoms with E-state index in [9.17, 15) is 0 Å². The maximum absolute atomic E-state index is 4.64. The van der Waals surface area contributed by atoms with E-state index >= 15 is 0 Å². The highest BCUT2D eigenvalue weighted by Gasteiger charge is 2.26. The topological polar surface area (TPSA) is 29.9 Å². The van der Waals surface area contributed by atoms with Gasteiger partial charge in [-0.3, -0.25) is 0 Å². The number of rotatable bonds is 8. The number of aryl methyl sites for hydroxylation is 1. The lowest BCUT2D eigenvalue weighted by Crippen LogP contribution is -2.30. The normalized spacial score (nSPS) is 14.0. The van der Waals surface area contributed by atoms with Crippen molar-refractivity contribution in [2.45, 2.75) is 52.1 Å². The standard InChI is InChI=1S/C18H27N3/c1-4-12-19-17(18-20-13-14-21(18)6-3)16(5-2)15-10-8-7-9-11-15/h7-11,13-14,16-17,19H,4-6,12H2,1-3H3. The highest BCUT2D eigenvalue weighted by molar-refractivity contribution is 5.23. The molecular formula is C18H27N3. The number of imidazole rings is 1. The first-order valence-electron chi connectivity index (χ1n) is 8.11. The summed E-state index contributed by atoms with van der Waals surface area (Å²) in [5.41, 5.74) is 1.39. The van der Waals surface area contributed by atoms with Gasteiger partial charge in [0.15, 0.2) is 0 Å². The lowest BCUT2D eigenvalue weighted by atomic mass is 9.88. The fourth-order valence-corrected chi connectivity index (χ4v) is 2.94. The molecule has 114 valence electrons. The predicted molar refractivity (Wildman–Crippen MR) is 88.4 cm³/mol. The van der Waals surface area contributed by atoms with Crippen LogP contribution in [0.25, 0.3) is 0 Å². The molecule has 0 bridgehead atoms. The van der Waals surface area contributed by atoms with E-state index in [1.807, 2.05) is 6.20 Å². The summed E-state index contributed by atoms with van der Waals surface area (Å²) in [6.07, 6.45) is 6.22. The molecule has 1 aromatic heterocycles. The van der Waals surface area contributed by atoms with Gasteiger partial charge in [-0.25, -0.2) is 4.98 Å². The molecule has 1 aromatic carbocycles. The summed E-state index contributed by atoms with van der Waals surface area (Å²) in [6, 6.07) is 11.1. The van der Waals surface area contributed by atoms with Crippen LogP contribution in [-0.2, 0) is 6.54 Å². The van der Waals surface area contributed by atoms with Crippen molar-refractivity contribution in [2.24, 2.45) is 0 Å². The quantitative estimate of drug-likeness (QED) is 0.790. The maximum Gasteiger partial charge on any atom is 0.126 e. The van der Waals surface area contributed by atoms with Crippen molar-refractivity contribution >= 4 is 0 Å². The molecule has 0 aliphatic rings. The molecule has 1 heterocycles. The highest BCUT2D eigenvalue weighted by atomic mass is 15.1.